The van der Waals surface area contributed by atoms with Crippen molar-refractivity contribution in [1.82, 2.24) is 5.32 Å². The number of hydrogen-bond acceptors (Lipinski definition) is 4. The van der Waals surface area contributed by atoms with E-state index in [4.69, 9.17) is 10.5 Å². The largest absolute Gasteiger partial charge is 0.449 e. The third-order valence-corrected chi connectivity index (χ3v) is 4.61. The van der Waals surface area contributed by atoms with Crippen LogP contribution >= 0.6 is 0 Å². The topological polar surface area (TPSA) is 84.7 Å². The van der Waals surface area contributed by atoms with Gasteiger partial charge in [-0.25, -0.2) is 0 Å². The molecular weight excluding hydrogens is 354 g/mol. The van der Waals surface area contributed by atoms with E-state index in [9.17, 15) is 9.59 Å². The highest BCUT2D eigenvalue weighted by Gasteiger charge is 2.32. The normalized spacial score (nSPS) is 15.8. The molecule has 0 saturated carbocycles. The van der Waals surface area contributed by atoms with E-state index >= 15 is 0 Å². The van der Waals surface area contributed by atoms with Crippen LogP contribution in [-0.4, -0.2) is 24.4 Å². The number of amides is 2. The van der Waals surface area contributed by atoms with Crippen LogP contribution in [0.25, 0.3) is 6.08 Å². The lowest BCUT2D eigenvalue weighted by molar-refractivity contribution is -0.123. The molecule has 0 aromatic heterocycles. The number of fused-ring (bicyclic) bond motifs is 1. The van der Waals surface area contributed by atoms with E-state index in [1.807, 2.05) is 45.0 Å². The maximum atomic E-state index is 13.1. The molecule has 0 saturated heterocycles. The number of nitrogens with one attached hydrogen (secondary N) is 1. The summed E-state index contributed by atoms with van der Waals surface area (Å²) in [4.78, 5) is 26.9. The van der Waals surface area contributed by atoms with E-state index in [2.05, 4.69) is 5.32 Å². The molecule has 2 amide bonds. The van der Waals surface area contributed by atoms with Crippen LogP contribution in [-0.2, 0) is 9.59 Å². The van der Waals surface area contributed by atoms with Crippen molar-refractivity contribution in [1.29, 1.82) is 0 Å². The Morgan fingerprint density at radius 1 is 1.29 bits per heavy atom. The number of nitrogen functional groups attached to an aromatic ring is 1. The molecule has 2 aromatic rings. The molecule has 0 bridgehead atoms. The second-order valence-electron chi connectivity index (χ2n) is 7.02. The van der Waals surface area contributed by atoms with Crippen LogP contribution in [0.3, 0.4) is 0 Å². The molecule has 1 heterocycles. The summed E-state index contributed by atoms with van der Waals surface area (Å²) in [5.41, 5.74) is 8.85. The van der Waals surface area contributed by atoms with Crippen molar-refractivity contribution in [2.45, 2.75) is 33.2 Å². The number of anilines is 2. The predicted octanol–water partition coefficient (Wildman–Crippen LogP) is 3.26. The minimum atomic E-state index is -0.363. The summed E-state index contributed by atoms with van der Waals surface area (Å²) >= 11 is 0. The molecule has 1 aliphatic heterocycles. The molecule has 3 rings (SSSR count). The summed E-state index contributed by atoms with van der Waals surface area (Å²) in [5.74, 6) is 0.0234. The van der Waals surface area contributed by atoms with Crippen LogP contribution in [0, 0.1) is 6.92 Å². The summed E-state index contributed by atoms with van der Waals surface area (Å²) in [6.45, 7) is 5.81. The summed E-state index contributed by atoms with van der Waals surface area (Å²) in [6.07, 6.45) is 2.50. The average Bonchev–Trinajstić information content (AvgIpc) is 2.65. The fraction of sp³-hybridized carbons (Fsp3) is 0.273. The van der Waals surface area contributed by atoms with Crippen molar-refractivity contribution in [2.75, 3.05) is 17.2 Å². The van der Waals surface area contributed by atoms with Crippen molar-refractivity contribution in [3.63, 3.8) is 0 Å². The number of nitrogens with two attached hydrogens (primary N) is 1. The van der Waals surface area contributed by atoms with E-state index in [0.717, 1.165) is 17.5 Å². The van der Waals surface area contributed by atoms with Gasteiger partial charge in [-0.2, -0.15) is 0 Å². The van der Waals surface area contributed by atoms with Gasteiger partial charge in [-0.05, 0) is 44.0 Å². The molecule has 0 aliphatic carbocycles. The lowest BCUT2D eigenvalue weighted by Gasteiger charge is -2.30. The minimum absolute atomic E-state index is 0.0387. The summed E-state index contributed by atoms with van der Waals surface area (Å²) in [7, 11) is 0. The number of nitrogens with zero attached hydrogens (tertiary/aromatic N) is 1. The van der Waals surface area contributed by atoms with Gasteiger partial charge in [0.05, 0.1) is 5.69 Å². The maximum absolute atomic E-state index is 13.1. The predicted molar refractivity (Wildman–Crippen MR) is 111 cm³/mol. The molecule has 1 atom stereocenters. The molecule has 3 N–H and O–H groups in total. The van der Waals surface area contributed by atoms with Gasteiger partial charge in [0.1, 0.15) is 6.54 Å². The van der Waals surface area contributed by atoms with Crippen molar-refractivity contribution < 1.29 is 14.3 Å². The van der Waals surface area contributed by atoms with E-state index in [-0.39, 0.29) is 30.2 Å². The van der Waals surface area contributed by atoms with Crippen LogP contribution in [0.4, 0.5) is 11.4 Å². The van der Waals surface area contributed by atoms with Crippen molar-refractivity contribution in [3.05, 3.63) is 59.4 Å². The standard InChI is InChI=1S/C22H25N3O3/c1-4-15(3)24-21(26)13-25-18-9-8-17(23)12-19(18)28-20(22(25)27)11-16-7-5-6-14(2)10-16/h5-12,15H,4,13,23H2,1-3H3,(H,24,26)/b20-11+. The molecule has 28 heavy (non-hydrogen) atoms. The zero-order chi connectivity index (χ0) is 20.3. The average molecular weight is 379 g/mol. The SMILES string of the molecule is CCC(C)NC(=O)CN1C(=O)/C(=C\c2cccc(C)c2)Oc2cc(N)ccc21. The van der Waals surface area contributed by atoms with Gasteiger partial charge in [-0.3, -0.25) is 14.5 Å². The minimum Gasteiger partial charge on any atom is -0.449 e. The number of carbonyl (C=O) groups is 2. The monoisotopic (exact) mass is 379 g/mol. The van der Waals surface area contributed by atoms with E-state index in [1.165, 1.54) is 4.90 Å². The number of carbonyl (C=O) groups excluding carboxylic acids is 2. The molecule has 0 fully saturated rings. The molecule has 0 radical (unpaired) electrons. The van der Waals surface area contributed by atoms with Crippen LogP contribution in [0.5, 0.6) is 5.75 Å². The number of rotatable bonds is 5. The first-order valence-electron chi connectivity index (χ1n) is 9.34. The molecule has 146 valence electrons. The number of ether oxygens (including phenoxy) is 1. The maximum Gasteiger partial charge on any atom is 0.294 e. The van der Waals surface area contributed by atoms with Crippen LogP contribution < -0.4 is 20.7 Å². The highest BCUT2D eigenvalue weighted by molar-refractivity contribution is 6.12. The Balaban J connectivity index is 1.96. The molecule has 6 heteroatoms. The van der Waals surface area contributed by atoms with Crippen molar-refractivity contribution in [2.24, 2.45) is 0 Å². The van der Waals surface area contributed by atoms with E-state index in [0.29, 0.717) is 17.1 Å². The van der Waals surface area contributed by atoms with Gasteiger partial charge in [-0.15, -0.1) is 0 Å². The van der Waals surface area contributed by atoms with Gasteiger partial charge >= 0.3 is 0 Å². The fourth-order valence-electron chi connectivity index (χ4n) is 2.97. The molecule has 2 aromatic carbocycles. The fourth-order valence-corrected chi connectivity index (χ4v) is 2.97. The van der Waals surface area contributed by atoms with Gasteiger partial charge in [0.15, 0.2) is 11.5 Å². The van der Waals surface area contributed by atoms with Crippen LogP contribution in [0.2, 0.25) is 0 Å². The van der Waals surface area contributed by atoms with Crippen molar-refractivity contribution in [3.8, 4) is 5.75 Å². The molecule has 1 aliphatic rings. The Morgan fingerprint density at radius 2 is 2.07 bits per heavy atom. The number of hydrogen-bond donors (Lipinski definition) is 2. The Kier molecular flexibility index (Phi) is 5.68. The molecule has 0 spiro atoms. The van der Waals surface area contributed by atoms with Gasteiger partial charge in [0.2, 0.25) is 5.91 Å². The zero-order valence-electron chi connectivity index (χ0n) is 16.4. The van der Waals surface area contributed by atoms with E-state index < -0.39 is 0 Å². The Hall–Kier alpha value is -3.28. The first-order chi connectivity index (χ1) is 13.4. The third-order valence-electron chi connectivity index (χ3n) is 4.61. The first kappa shape index (κ1) is 19.5. The van der Waals surface area contributed by atoms with Gasteiger partial charge in [-0.1, -0.05) is 36.8 Å². The van der Waals surface area contributed by atoms with E-state index in [1.54, 1.807) is 24.3 Å². The number of benzene rings is 2. The highest BCUT2D eigenvalue weighted by Crippen LogP contribution is 2.37. The van der Waals surface area contributed by atoms with Gasteiger partial charge < -0.3 is 15.8 Å². The van der Waals surface area contributed by atoms with Crippen LogP contribution in [0.15, 0.2) is 48.2 Å². The number of aryl methyl sites for hydroxylation is 1. The van der Waals surface area contributed by atoms with Crippen LogP contribution in [0.1, 0.15) is 31.4 Å². The molecule has 1 unspecified atom stereocenters. The molecule has 6 nitrogen and oxygen atoms in total. The first-order valence-corrected chi connectivity index (χ1v) is 9.34. The zero-order valence-corrected chi connectivity index (χ0v) is 16.4. The summed E-state index contributed by atoms with van der Waals surface area (Å²) < 4.78 is 5.84. The second kappa shape index (κ2) is 8.17. The Labute approximate surface area is 165 Å². The van der Waals surface area contributed by atoms with Gasteiger partial charge in [0.25, 0.3) is 5.91 Å². The Bertz CT molecular complexity index is 936. The lowest BCUT2D eigenvalue weighted by atomic mass is 10.1. The summed E-state index contributed by atoms with van der Waals surface area (Å²) in [5, 5.41) is 2.89. The second-order valence-corrected chi connectivity index (χ2v) is 7.02. The summed E-state index contributed by atoms with van der Waals surface area (Å²) in [6, 6.07) is 12.8. The molecular formula is C22H25N3O3. The van der Waals surface area contributed by atoms with Crippen molar-refractivity contribution >= 4 is 29.3 Å². The third kappa shape index (κ3) is 4.34. The lowest BCUT2D eigenvalue weighted by Crippen LogP contribution is -2.46. The smallest absolute Gasteiger partial charge is 0.294 e. The van der Waals surface area contributed by atoms with Gasteiger partial charge in [0, 0.05) is 17.8 Å². The Morgan fingerprint density at radius 3 is 2.79 bits per heavy atom. The quantitative estimate of drug-likeness (QED) is 0.617. The highest BCUT2D eigenvalue weighted by atomic mass is 16.5.